The molecule has 0 amide bonds. The van der Waals surface area contributed by atoms with Crippen molar-refractivity contribution in [2.75, 3.05) is 5.73 Å². The first-order valence-corrected chi connectivity index (χ1v) is 5.60. The van der Waals surface area contributed by atoms with Gasteiger partial charge in [-0.05, 0) is 17.7 Å². The smallest absolute Gasteiger partial charge is 0.419 e. The van der Waals surface area contributed by atoms with Gasteiger partial charge in [-0.3, -0.25) is 0 Å². The van der Waals surface area contributed by atoms with Crippen molar-refractivity contribution < 1.29 is 17.9 Å². The molecular formula is C14H12F3NO. The Bertz CT molecular complexity index is 552. The number of rotatable bonds is 3. The number of alkyl halides is 3. The minimum Gasteiger partial charge on any atom is -0.488 e. The summed E-state index contributed by atoms with van der Waals surface area (Å²) in [6.45, 7) is 0.0629. The maximum absolute atomic E-state index is 12.8. The van der Waals surface area contributed by atoms with Crippen LogP contribution < -0.4 is 10.5 Å². The molecule has 0 heterocycles. The van der Waals surface area contributed by atoms with E-state index in [1.807, 2.05) is 6.07 Å². The van der Waals surface area contributed by atoms with Crippen LogP contribution in [-0.2, 0) is 12.8 Å². The number of hydrogen-bond donors (Lipinski definition) is 1. The molecule has 0 aliphatic heterocycles. The molecule has 100 valence electrons. The van der Waals surface area contributed by atoms with Gasteiger partial charge in [-0.25, -0.2) is 0 Å². The van der Waals surface area contributed by atoms with E-state index < -0.39 is 11.7 Å². The molecule has 2 rings (SSSR count). The van der Waals surface area contributed by atoms with Gasteiger partial charge in [0.1, 0.15) is 12.4 Å². The fourth-order valence-electron chi connectivity index (χ4n) is 1.63. The molecular weight excluding hydrogens is 255 g/mol. The van der Waals surface area contributed by atoms with Crippen LogP contribution in [0.5, 0.6) is 5.75 Å². The topological polar surface area (TPSA) is 35.2 Å². The molecule has 2 N–H and O–H groups in total. The second kappa shape index (κ2) is 5.22. The Hall–Kier alpha value is -2.17. The monoisotopic (exact) mass is 267 g/mol. The van der Waals surface area contributed by atoms with E-state index in [2.05, 4.69) is 0 Å². The number of nitrogens with two attached hydrogens (primary N) is 1. The predicted molar refractivity (Wildman–Crippen MR) is 66.6 cm³/mol. The van der Waals surface area contributed by atoms with Crippen molar-refractivity contribution in [2.45, 2.75) is 12.8 Å². The molecule has 0 unspecified atom stereocenters. The first-order chi connectivity index (χ1) is 8.97. The summed E-state index contributed by atoms with van der Waals surface area (Å²) in [6.07, 6.45) is -4.46. The zero-order valence-electron chi connectivity index (χ0n) is 9.95. The molecule has 5 heteroatoms. The maximum Gasteiger partial charge on any atom is 0.419 e. The lowest BCUT2D eigenvalue weighted by Gasteiger charge is -2.14. The maximum atomic E-state index is 12.8. The van der Waals surface area contributed by atoms with Crippen molar-refractivity contribution >= 4 is 5.69 Å². The molecule has 0 bridgehead atoms. The third-order valence-corrected chi connectivity index (χ3v) is 2.55. The molecule has 0 spiro atoms. The number of hydrogen-bond acceptors (Lipinski definition) is 2. The molecule has 0 saturated heterocycles. The lowest BCUT2D eigenvalue weighted by Crippen LogP contribution is -2.09. The van der Waals surface area contributed by atoms with E-state index in [0.717, 1.165) is 11.6 Å². The van der Waals surface area contributed by atoms with Crippen molar-refractivity contribution in [3.8, 4) is 5.75 Å². The Labute approximate surface area is 108 Å². The second-order valence-corrected chi connectivity index (χ2v) is 4.03. The average molecular weight is 267 g/mol. The number of benzene rings is 2. The van der Waals surface area contributed by atoms with E-state index in [1.165, 1.54) is 12.1 Å². The van der Waals surface area contributed by atoms with Crippen molar-refractivity contribution in [3.63, 3.8) is 0 Å². The minimum absolute atomic E-state index is 0.0629. The van der Waals surface area contributed by atoms with Crippen LogP contribution in [0.3, 0.4) is 0 Å². The van der Waals surface area contributed by atoms with Crippen molar-refractivity contribution in [1.82, 2.24) is 0 Å². The molecule has 0 radical (unpaired) electrons. The normalized spacial score (nSPS) is 11.3. The fourth-order valence-corrected chi connectivity index (χ4v) is 1.63. The number of anilines is 1. The first-order valence-electron chi connectivity index (χ1n) is 5.60. The van der Waals surface area contributed by atoms with Crippen LogP contribution >= 0.6 is 0 Å². The quantitative estimate of drug-likeness (QED) is 0.857. The van der Waals surface area contributed by atoms with E-state index in [0.29, 0.717) is 0 Å². The first kappa shape index (κ1) is 13.3. The van der Waals surface area contributed by atoms with Crippen molar-refractivity contribution in [3.05, 3.63) is 59.7 Å². The van der Waals surface area contributed by atoms with Gasteiger partial charge < -0.3 is 10.5 Å². The van der Waals surface area contributed by atoms with E-state index in [9.17, 15) is 13.2 Å². The van der Waals surface area contributed by atoms with Crippen LogP contribution in [0.25, 0.3) is 0 Å². The number of ether oxygens (including phenoxy) is 1. The summed E-state index contributed by atoms with van der Waals surface area (Å²) in [7, 11) is 0. The van der Waals surface area contributed by atoms with Gasteiger partial charge in [-0.1, -0.05) is 30.3 Å². The fraction of sp³-hybridized carbons (Fsp3) is 0.143. The van der Waals surface area contributed by atoms with Crippen LogP contribution in [-0.4, -0.2) is 0 Å². The molecule has 0 aliphatic rings. The Morgan fingerprint density at radius 1 is 1.00 bits per heavy atom. The van der Waals surface area contributed by atoms with Gasteiger partial charge in [-0.15, -0.1) is 0 Å². The number of nitrogen functional groups attached to an aromatic ring is 1. The highest BCUT2D eigenvalue weighted by molar-refractivity contribution is 5.49. The Morgan fingerprint density at radius 3 is 2.32 bits per heavy atom. The van der Waals surface area contributed by atoms with Crippen LogP contribution in [0.2, 0.25) is 0 Å². The van der Waals surface area contributed by atoms with E-state index in [-0.39, 0.29) is 18.0 Å². The van der Waals surface area contributed by atoms with Crippen molar-refractivity contribution in [1.29, 1.82) is 0 Å². The lowest BCUT2D eigenvalue weighted by molar-refractivity contribution is -0.139. The third-order valence-electron chi connectivity index (χ3n) is 2.55. The van der Waals surface area contributed by atoms with Gasteiger partial charge in [0.25, 0.3) is 0 Å². The van der Waals surface area contributed by atoms with Gasteiger partial charge in [0.2, 0.25) is 0 Å². The van der Waals surface area contributed by atoms with E-state index in [4.69, 9.17) is 10.5 Å². The standard InChI is InChI=1S/C14H12F3NO/c15-14(16,17)12-7-6-11(18)8-13(12)19-9-10-4-2-1-3-5-10/h1-8H,9,18H2. The Balaban J connectivity index is 2.22. The highest BCUT2D eigenvalue weighted by atomic mass is 19.4. The summed E-state index contributed by atoms with van der Waals surface area (Å²) in [5, 5.41) is 0. The van der Waals surface area contributed by atoms with Crippen LogP contribution in [0.1, 0.15) is 11.1 Å². The van der Waals surface area contributed by atoms with Gasteiger partial charge in [-0.2, -0.15) is 13.2 Å². The van der Waals surface area contributed by atoms with E-state index in [1.54, 1.807) is 24.3 Å². The molecule has 0 aromatic heterocycles. The third kappa shape index (κ3) is 3.40. The minimum atomic E-state index is -4.46. The van der Waals surface area contributed by atoms with Crippen LogP contribution in [0.4, 0.5) is 18.9 Å². The Morgan fingerprint density at radius 2 is 1.68 bits per heavy atom. The van der Waals surface area contributed by atoms with Crippen LogP contribution in [0, 0.1) is 0 Å². The molecule has 2 aromatic rings. The highest BCUT2D eigenvalue weighted by Crippen LogP contribution is 2.37. The molecule has 2 aromatic carbocycles. The van der Waals surface area contributed by atoms with Gasteiger partial charge in [0.15, 0.2) is 0 Å². The predicted octanol–water partition coefficient (Wildman–Crippen LogP) is 3.87. The molecule has 0 atom stereocenters. The molecule has 2 nitrogen and oxygen atoms in total. The Kier molecular flexibility index (Phi) is 3.64. The second-order valence-electron chi connectivity index (χ2n) is 4.03. The van der Waals surface area contributed by atoms with Crippen LogP contribution in [0.15, 0.2) is 48.5 Å². The summed E-state index contributed by atoms with van der Waals surface area (Å²) in [4.78, 5) is 0. The van der Waals surface area contributed by atoms with Gasteiger partial charge in [0.05, 0.1) is 5.56 Å². The molecule has 0 aliphatic carbocycles. The lowest BCUT2D eigenvalue weighted by atomic mass is 10.1. The molecule has 19 heavy (non-hydrogen) atoms. The zero-order valence-corrected chi connectivity index (χ0v) is 9.95. The SMILES string of the molecule is Nc1ccc(C(F)(F)F)c(OCc2ccccc2)c1. The largest absolute Gasteiger partial charge is 0.488 e. The summed E-state index contributed by atoms with van der Waals surface area (Å²) < 4.78 is 43.6. The van der Waals surface area contributed by atoms with Gasteiger partial charge in [0, 0.05) is 11.8 Å². The van der Waals surface area contributed by atoms with Crippen molar-refractivity contribution in [2.24, 2.45) is 0 Å². The van der Waals surface area contributed by atoms with E-state index >= 15 is 0 Å². The summed E-state index contributed by atoms with van der Waals surface area (Å²) in [5.74, 6) is -0.253. The van der Waals surface area contributed by atoms with Gasteiger partial charge >= 0.3 is 6.18 Å². The average Bonchev–Trinajstić information content (AvgIpc) is 2.36. The summed E-state index contributed by atoms with van der Waals surface area (Å²) in [5.41, 5.74) is 5.69. The molecule has 0 fully saturated rings. The number of halogens is 3. The summed E-state index contributed by atoms with van der Waals surface area (Å²) in [6, 6.07) is 12.3. The zero-order chi connectivity index (χ0) is 13.9. The highest BCUT2D eigenvalue weighted by Gasteiger charge is 2.34. The molecule has 0 saturated carbocycles. The summed E-state index contributed by atoms with van der Waals surface area (Å²) >= 11 is 0.